The molecule has 25 heavy (non-hydrogen) atoms. The third kappa shape index (κ3) is 3.65. The van der Waals surface area contributed by atoms with E-state index < -0.39 is 0 Å². The molecule has 2 aromatic carbocycles. The van der Waals surface area contributed by atoms with Gasteiger partial charge in [0.15, 0.2) is 0 Å². The van der Waals surface area contributed by atoms with Gasteiger partial charge in [0.25, 0.3) is 0 Å². The summed E-state index contributed by atoms with van der Waals surface area (Å²) in [6, 6.07) is 10.9. The van der Waals surface area contributed by atoms with E-state index >= 15 is 0 Å². The van der Waals surface area contributed by atoms with Gasteiger partial charge in [-0.05, 0) is 55.7 Å². The number of aromatic amines is 1. The minimum absolute atomic E-state index is 0.0335. The lowest BCUT2D eigenvalue weighted by atomic mass is 10.0. The summed E-state index contributed by atoms with van der Waals surface area (Å²) in [5.41, 5.74) is 5.32. The molecule has 1 unspecified atom stereocenters. The Hall–Kier alpha value is -2.82. The lowest BCUT2D eigenvalue weighted by molar-refractivity contribution is -0.122. The number of imidazole rings is 1. The van der Waals surface area contributed by atoms with E-state index in [-0.39, 0.29) is 17.6 Å². The van der Waals surface area contributed by atoms with Crippen molar-refractivity contribution in [1.29, 1.82) is 0 Å². The van der Waals surface area contributed by atoms with Gasteiger partial charge >= 0.3 is 0 Å². The van der Waals surface area contributed by atoms with Crippen LogP contribution < -0.4 is 5.32 Å². The van der Waals surface area contributed by atoms with Gasteiger partial charge in [0.05, 0.1) is 17.0 Å². The van der Waals surface area contributed by atoms with Gasteiger partial charge in [-0.2, -0.15) is 0 Å². The highest BCUT2D eigenvalue weighted by Crippen LogP contribution is 2.20. The van der Waals surface area contributed by atoms with Crippen LogP contribution in [0.2, 0.25) is 0 Å². The average Bonchev–Trinajstić information content (AvgIpc) is 3.02. The number of H-pyrrole nitrogens is 1. The van der Waals surface area contributed by atoms with Crippen LogP contribution in [-0.4, -0.2) is 27.5 Å². The molecular weight excluding hydrogens is 314 g/mol. The Labute approximate surface area is 147 Å². The van der Waals surface area contributed by atoms with Crippen molar-refractivity contribution in [1.82, 2.24) is 15.3 Å². The number of carbonyl (C=O) groups excluding carboxylic acids is 1. The number of hydrogen-bond donors (Lipinski definition) is 3. The van der Waals surface area contributed by atoms with Crippen molar-refractivity contribution in [2.45, 2.75) is 33.1 Å². The molecule has 0 bridgehead atoms. The van der Waals surface area contributed by atoms with Crippen molar-refractivity contribution in [2.24, 2.45) is 0 Å². The van der Waals surface area contributed by atoms with Gasteiger partial charge in [-0.3, -0.25) is 4.79 Å². The molecule has 3 rings (SSSR count). The number of aromatic nitrogens is 2. The van der Waals surface area contributed by atoms with E-state index in [2.05, 4.69) is 35.2 Å². The minimum atomic E-state index is -0.263. The van der Waals surface area contributed by atoms with Crippen LogP contribution in [0.5, 0.6) is 5.75 Å². The van der Waals surface area contributed by atoms with E-state index in [0.717, 1.165) is 22.4 Å². The van der Waals surface area contributed by atoms with Crippen LogP contribution in [0, 0.1) is 13.8 Å². The van der Waals surface area contributed by atoms with Gasteiger partial charge in [-0.1, -0.05) is 18.2 Å². The fraction of sp³-hybridized carbons (Fsp3) is 0.300. The second-order valence-corrected chi connectivity index (χ2v) is 6.44. The summed E-state index contributed by atoms with van der Waals surface area (Å²) in [5.74, 6) is 0.781. The Morgan fingerprint density at radius 2 is 1.92 bits per heavy atom. The van der Waals surface area contributed by atoms with Gasteiger partial charge in [-0.15, -0.1) is 0 Å². The lowest BCUT2D eigenvalue weighted by Gasteiger charge is -2.12. The number of nitrogens with zero attached hydrogens (tertiary/aromatic N) is 1. The second-order valence-electron chi connectivity index (χ2n) is 6.44. The number of phenols is 1. The maximum absolute atomic E-state index is 12.3. The molecule has 3 N–H and O–H groups in total. The Kier molecular flexibility index (Phi) is 4.74. The number of fused-ring (bicyclic) bond motifs is 1. The van der Waals surface area contributed by atoms with E-state index in [0.29, 0.717) is 13.0 Å². The van der Waals surface area contributed by atoms with Crippen LogP contribution in [0.15, 0.2) is 36.4 Å². The smallest absolute Gasteiger partial charge is 0.227 e. The highest BCUT2D eigenvalue weighted by molar-refractivity contribution is 5.83. The molecule has 0 radical (unpaired) electrons. The molecule has 0 aliphatic carbocycles. The number of aryl methyl sites for hydroxylation is 2. The molecule has 0 saturated heterocycles. The predicted octanol–water partition coefficient (Wildman–Crippen LogP) is 3.35. The molecule has 1 heterocycles. The predicted molar refractivity (Wildman–Crippen MR) is 98.8 cm³/mol. The van der Waals surface area contributed by atoms with E-state index in [1.54, 1.807) is 24.3 Å². The molecule has 1 aromatic heterocycles. The fourth-order valence-corrected chi connectivity index (χ4v) is 2.85. The first-order chi connectivity index (χ1) is 12.0. The van der Waals surface area contributed by atoms with Gasteiger partial charge in [0.1, 0.15) is 11.6 Å². The molecule has 0 aliphatic rings. The fourth-order valence-electron chi connectivity index (χ4n) is 2.85. The first-order valence-electron chi connectivity index (χ1n) is 8.47. The van der Waals surface area contributed by atoms with E-state index in [9.17, 15) is 9.90 Å². The monoisotopic (exact) mass is 337 g/mol. The highest BCUT2D eigenvalue weighted by atomic mass is 16.3. The Balaban J connectivity index is 1.60. The van der Waals surface area contributed by atoms with Gasteiger partial charge in [-0.25, -0.2) is 4.98 Å². The molecule has 3 aromatic rings. The van der Waals surface area contributed by atoms with Crippen LogP contribution in [0.3, 0.4) is 0 Å². The largest absolute Gasteiger partial charge is 0.508 e. The first-order valence-corrected chi connectivity index (χ1v) is 8.47. The molecule has 1 amide bonds. The Morgan fingerprint density at radius 3 is 2.64 bits per heavy atom. The van der Waals surface area contributed by atoms with E-state index in [4.69, 9.17) is 0 Å². The Bertz CT molecular complexity index is 897. The topological polar surface area (TPSA) is 78.0 Å². The van der Waals surface area contributed by atoms with Crippen LogP contribution >= 0.6 is 0 Å². The Morgan fingerprint density at radius 1 is 1.20 bits per heavy atom. The van der Waals surface area contributed by atoms with Crippen LogP contribution in [-0.2, 0) is 11.2 Å². The summed E-state index contributed by atoms with van der Waals surface area (Å²) in [7, 11) is 0. The van der Waals surface area contributed by atoms with Crippen molar-refractivity contribution < 1.29 is 9.90 Å². The molecule has 1 atom stereocenters. The van der Waals surface area contributed by atoms with Crippen LogP contribution in [0.25, 0.3) is 11.0 Å². The number of phenolic OH excluding ortho intramolecular Hbond substituents is 1. The molecule has 0 aliphatic heterocycles. The number of amides is 1. The van der Waals surface area contributed by atoms with Gasteiger partial charge < -0.3 is 15.4 Å². The van der Waals surface area contributed by atoms with Gasteiger partial charge in [0, 0.05) is 13.0 Å². The first kappa shape index (κ1) is 17.0. The summed E-state index contributed by atoms with van der Waals surface area (Å²) < 4.78 is 0. The highest BCUT2D eigenvalue weighted by Gasteiger charge is 2.15. The summed E-state index contributed by atoms with van der Waals surface area (Å²) in [6.45, 7) is 6.53. The van der Waals surface area contributed by atoms with Gasteiger partial charge in [0.2, 0.25) is 5.91 Å². The molecule has 0 spiro atoms. The van der Waals surface area contributed by atoms with Crippen molar-refractivity contribution in [3.63, 3.8) is 0 Å². The standard InChI is InChI=1S/C20H23N3O2/c1-12-4-9-17-19(13(12)2)23-18(22-17)10-11-21-20(25)14(3)15-5-7-16(24)8-6-15/h4-9,14,24H,10-11H2,1-3H3,(H,21,25)(H,22,23). The average molecular weight is 337 g/mol. The SMILES string of the molecule is Cc1ccc2[nH]c(CCNC(=O)C(C)c3ccc(O)cc3)nc2c1C. The molecule has 5 heteroatoms. The summed E-state index contributed by atoms with van der Waals surface area (Å²) in [5, 5.41) is 12.3. The van der Waals surface area contributed by atoms with Crippen molar-refractivity contribution in [3.8, 4) is 5.75 Å². The zero-order valence-corrected chi connectivity index (χ0v) is 14.8. The van der Waals surface area contributed by atoms with Crippen molar-refractivity contribution >= 4 is 16.9 Å². The summed E-state index contributed by atoms with van der Waals surface area (Å²) in [6.07, 6.45) is 0.654. The van der Waals surface area contributed by atoms with E-state index in [1.165, 1.54) is 11.1 Å². The zero-order chi connectivity index (χ0) is 18.0. The molecular formula is C20H23N3O2. The summed E-state index contributed by atoms with van der Waals surface area (Å²) in [4.78, 5) is 20.2. The molecule has 5 nitrogen and oxygen atoms in total. The maximum Gasteiger partial charge on any atom is 0.227 e. The second kappa shape index (κ2) is 6.97. The third-order valence-electron chi connectivity index (χ3n) is 4.67. The zero-order valence-electron chi connectivity index (χ0n) is 14.8. The van der Waals surface area contributed by atoms with Crippen molar-refractivity contribution in [2.75, 3.05) is 6.54 Å². The number of rotatable bonds is 5. The van der Waals surface area contributed by atoms with Crippen LogP contribution in [0.1, 0.15) is 35.4 Å². The van der Waals surface area contributed by atoms with Crippen LogP contribution in [0.4, 0.5) is 0 Å². The molecule has 0 fully saturated rings. The molecule has 0 saturated carbocycles. The van der Waals surface area contributed by atoms with E-state index in [1.807, 2.05) is 13.0 Å². The minimum Gasteiger partial charge on any atom is -0.508 e. The quantitative estimate of drug-likeness (QED) is 0.668. The lowest BCUT2D eigenvalue weighted by Crippen LogP contribution is -2.30. The summed E-state index contributed by atoms with van der Waals surface area (Å²) >= 11 is 0. The number of benzene rings is 2. The third-order valence-corrected chi connectivity index (χ3v) is 4.67. The van der Waals surface area contributed by atoms with Crippen molar-refractivity contribution in [3.05, 3.63) is 58.9 Å². The number of aromatic hydroxyl groups is 1. The normalized spacial score (nSPS) is 12.3. The number of carbonyl (C=O) groups is 1. The maximum atomic E-state index is 12.3. The number of hydrogen-bond acceptors (Lipinski definition) is 3. The molecule has 130 valence electrons. The number of nitrogens with one attached hydrogen (secondary N) is 2.